The van der Waals surface area contributed by atoms with Gasteiger partial charge in [0.15, 0.2) is 5.75 Å². The van der Waals surface area contributed by atoms with Crippen molar-refractivity contribution in [3.63, 3.8) is 0 Å². The molecule has 0 unspecified atom stereocenters. The first-order valence-electron chi connectivity index (χ1n) is 12.6. The molecular formula is C30H31N3O2S. The first-order valence-corrected chi connectivity index (χ1v) is 13.4. The van der Waals surface area contributed by atoms with Gasteiger partial charge in [-0.15, -0.1) is 0 Å². The van der Waals surface area contributed by atoms with Crippen LogP contribution in [0.2, 0.25) is 0 Å². The predicted octanol–water partition coefficient (Wildman–Crippen LogP) is 7.03. The Morgan fingerprint density at radius 2 is 1.89 bits per heavy atom. The van der Waals surface area contributed by atoms with Crippen molar-refractivity contribution in [1.29, 1.82) is 0 Å². The van der Waals surface area contributed by atoms with Gasteiger partial charge in [0.05, 0.1) is 0 Å². The van der Waals surface area contributed by atoms with Crippen molar-refractivity contribution in [2.24, 2.45) is 0 Å². The second kappa shape index (κ2) is 10.6. The third-order valence-corrected chi connectivity index (χ3v) is 7.84. The summed E-state index contributed by atoms with van der Waals surface area (Å²) >= 11 is 1.30. The third kappa shape index (κ3) is 4.78. The van der Waals surface area contributed by atoms with Gasteiger partial charge in [-0.25, -0.2) is 0 Å². The summed E-state index contributed by atoms with van der Waals surface area (Å²) in [5, 5.41) is 11.6. The summed E-state index contributed by atoms with van der Waals surface area (Å²) in [5.41, 5.74) is 6.81. The molecule has 0 bridgehead atoms. The van der Waals surface area contributed by atoms with Gasteiger partial charge in [0, 0.05) is 40.3 Å². The average molecular weight is 498 g/mol. The maximum atomic E-state index is 13.2. The number of H-pyrrole nitrogens is 1. The SMILES string of the molecule is CCCCc1[nH]c(=O)c(Sc2ccc(-c3cccnc3C)cc2)c(O)c1N1CCCc2ccccc21. The molecule has 184 valence electrons. The van der Waals surface area contributed by atoms with E-state index in [1.165, 1.54) is 17.3 Å². The number of rotatable bonds is 7. The average Bonchev–Trinajstić information content (AvgIpc) is 2.90. The van der Waals surface area contributed by atoms with Crippen molar-refractivity contribution >= 4 is 23.1 Å². The number of fused-ring (bicyclic) bond motifs is 1. The van der Waals surface area contributed by atoms with Crippen LogP contribution in [0.15, 0.2) is 81.4 Å². The van der Waals surface area contributed by atoms with Gasteiger partial charge in [-0.05, 0) is 68.0 Å². The molecule has 0 amide bonds. The molecule has 2 aromatic carbocycles. The van der Waals surface area contributed by atoms with Crippen LogP contribution >= 0.6 is 11.8 Å². The normalized spacial score (nSPS) is 13.0. The minimum absolute atomic E-state index is 0.0683. The van der Waals surface area contributed by atoms with E-state index in [4.69, 9.17) is 0 Å². The topological polar surface area (TPSA) is 69.2 Å². The van der Waals surface area contributed by atoms with Gasteiger partial charge in [0.1, 0.15) is 10.6 Å². The molecule has 0 radical (unpaired) electrons. The van der Waals surface area contributed by atoms with Crippen LogP contribution in [0, 0.1) is 6.92 Å². The van der Waals surface area contributed by atoms with Gasteiger partial charge in [-0.1, -0.05) is 61.5 Å². The molecule has 3 heterocycles. The van der Waals surface area contributed by atoms with Gasteiger partial charge in [0.25, 0.3) is 5.56 Å². The summed E-state index contributed by atoms with van der Waals surface area (Å²) in [7, 11) is 0. The minimum atomic E-state index is -0.246. The molecule has 6 heteroatoms. The van der Waals surface area contributed by atoms with Crippen molar-refractivity contribution < 1.29 is 5.11 Å². The molecule has 5 rings (SSSR count). The maximum absolute atomic E-state index is 13.2. The van der Waals surface area contributed by atoms with Crippen molar-refractivity contribution in [1.82, 2.24) is 9.97 Å². The molecular weight excluding hydrogens is 466 g/mol. The number of aromatic hydroxyl groups is 1. The number of aromatic nitrogens is 2. The number of hydrogen-bond donors (Lipinski definition) is 2. The molecule has 0 spiro atoms. The molecule has 1 aliphatic heterocycles. The number of nitrogens with zero attached hydrogens (tertiary/aromatic N) is 2. The van der Waals surface area contributed by atoms with Crippen LogP contribution in [0.25, 0.3) is 11.1 Å². The molecule has 4 aromatic rings. The lowest BCUT2D eigenvalue weighted by Crippen LogP contribution is -2.27. The molecule has 2 N–H and O–H groups in total. The van der Waals surface area contributed by atoms with Gasteiger partial charge in [-0.2, -0.15) is 0 Å². The van der Waals surface area contributed by atoms with Crippen molar-refractivity contribution in [2.75, 3.05) is 11.4 Å². The summed E-state index contributed by atoms with van der Waals surface area (Å²) in [6, 6.07) is 20.4. The summed E-state index contributed by atoms with van der Waals surface area (Å²) in [6.07, 6.45) is 6.49. The minimum Gasteiger partial charge on any atom is -0.504 e. The summed E-state index contributed by atoms with van der Waals surface area (Å²) in [5.74, 6) is 0.0683. The maximum Gasteiger partial charge on any atom is 0.266 e. The molecule has 0 atom stereocenters. The van der Waals surface area contributed by atoms with Crippen LogP contribution in [0.4, 0.5) is 11.4 Å². The van der Waals surface area contributed by atoms with E-state index in [1.807, 2.05) is 43.3 Å². The first kappa shape index (κ1) is 24.2. The van der Waals surface area contributed by atoms with Gasteiger partial charge >= 0.3 is 0 Å². The lowest BCUT2D eigenvalue weighted by Gasteiger charge is -2.33. The smallest absolute Gasteiger partial charge is 0.266 e. The van der Waals surface area contributed by atoms with Gasteiger partial charge in [-0.3, -0.25) is 9.78 Å². The van der Waals surface area contributed by atoms with E-state index in [1.54, 1.807) is 6.20 Å². The summed E-state index contributed by atoms with van der Waals surface area (Å²) in [4.78, 5) is 24.1. The van der Waals surface area contributed by atoms with Crippen molar-refractivity contribution in [3.05, 3.63) is 94.2 Å². The van der Waals surface area contributed by atoms with E-state index >= 15 is 0 Å². The molecule has 36 heavy (non-hydrogen) atoms. The molecule has 1 aliphatic rings. The Bertz CT molecular complexity index is 1430. The molecule has 5 nitrogen and oxygen atoms in total. The standard InChI is InChI=1S/C30H31N3O2S/c1-3-4-12-25-27(33-19-8-10-22-9-5-6-13-26(22)33)28(34)29(30(35)32-25)36-23-16-14-21(15-17-23)24-11-7-18-31-20(24)2/h5-7,9,11,13-18H,3-4,8,10,12,19H2,1-2H3,(H2,32,34,35). The fourth-order valence-corrected chi connectivity index (χ4v) is 5.75. The third-order valence-electron chi connectivity index (χ3n) is 6.75. The van der Waals surface area contributed by atoms with Gasteiger partial charge < -0.3 is 15.0 Å². The predicted molar refractivity (Wildman–Crippen MR) is 148 cm³/mol. The number of nitrogens with one attached hydrogen (secondary N) is 1. The number of anilines is 2. The zero-order valence-electron chi connectivity index (χ0n) is 20.8. The fraction of sp³-hybridized carbons (Fsp3) is 0.267. The van der Waals surface area contributed by atoms with Crippen molar-refractivity contribution in [2.45, 2.75) is 55.7 Å². The van der Waals surface area contributed by atoms with Gasteiger partial charge in [0.2, 0.25) is 0 Å². The van der Waals surface area contributed by atoms with Crippen molar-refractivity contribution in [3.8, 4) is 16.9 Å². The quantitative estimate of drug-likeness (QED) is 0.287. The molecule has 0 fully saturated rings. The number of hydrogen-bond acceptors (Lipinski definition) is 5. The van der Waals surface area contributed by atoms with Crippen LogP contribution in [-0.2, 0) is 12.8 Å². The summed E-state index contributed by atoms with van der Waals surface area (Å²) in [6.45, 7) is 4.93. The highest BCUT2D eigenvalue weighted by Crippen LogP contribution is 2.44. The van der Waals surface area contributed by atoms with Crippen LogP contribution in [0.3, 0.4) is 0 Å². The first-order chi connectivity index (χ1) is 17.6. The van der Waals surface area contributed by atoms with Crippen LogP contribution in [0.5, 0.6) is 5.75 Å². The van der Waals surface area contributed by atoms with E-state index in [0.717, 1.165) is 77.4 Å². The summed E-state index contributed by atoms with van der Waals surface area (Å²) < 4.78 is 0. The second-order valence-corrected chi connectivity index (χ2v) is 10.3. The number of aryl methyl sites for hydroxylation is 3. The molecule has 0 saturated carbocycles. The highest BCUT2D eigenvalue weighted by atomic mass is 32.2. The lowest BCUT2D eigenvalue weighted by atomic mass is 10.00. The largest absolute Gasteiger partial charge is 0.504 e. The van der Waals surface area contributed by atoms with E-state index in [-0.39, 0.29) is 11.3 Å². The Hall–Kier alpha value is -3.51. The fourth-order valence-electron chi connectivity index (χ4n) is 4.91. The van der Waals surface area contributed by atoms with Crippen LogP contribution in [-0.4, -0.2) is 21.6 Å². The monoisotopic (exact) mass is 497 g/mol. The number of benzene rings is 2. The zero-order valence-corrected chi connectivity index (χ0v) is 21.6. The van der Waals surface area contributed by atoms with E-state index < -0.39 is 0 Å². The highest BCUT2D eigenvalue weighted by molar-refractivity contribution is 7.99. The molecule has 0 saturated heterocycles. The Labute approximate surface area is 216 Å². The molecule has 2 aromatic heterocycles. The van der Waals surface area contributed by atoms with Crippen LogP contribution in [0.1, 0.15) is 43.1 Å². The number of pyridine rings is 2. The number of unbranched alkanes of at least 4 members (excludes halogenated alkanes) is 1. The Morgan fingerprint density at radius 3 is 2.67 bits per heavy atom. The van der Waals surface area contributed by atoms with E-state index in [0.29, 0.717) is 4.90 Å². The second-order valence-electron chi connectivity index (χ2n) is 9.21. The molecule has 0 aliphatic carbocycles. The van der Waals surface area contributed by atoms with E-state index in [2.05, 4.69) is 46.1 Å². The Morgan fingerprint density at radius 1 is 1.08 bits per heavy atom. The lowest BCUT2D eigenvalue weighted by molar-refractivity contribution is 0.457. The Balaban J connectivity index is 1.53. The zero-order chi connectivity index (χ0) is 25.1. The van der Waals surface area contributed by atoms with E-state index in [9.17, 15) is 9.90 Å². The highest BCUT2D eigenvalue weighted by Gasteiger charge is 2.26. The number of para-hydroxylation sites is 1. The number of aromatic amines is 1. The Kier molecular flexibility index (Phi) is 7.14. The van der Waals surface area contributed by atoms with Crippen LogP contribution < -0.4 is 10.5 Å².